The zero-order valence-electron chi connectivity index (χ0n) is 41.1. The number of ether oxygens (including phenoxy) is 3. The highest BCUT2D eigenvalue weighted by atomic mass is 33.1. The first-order valence-corrected chi connectivity index (χ1v) is 27.4. The molecule has 4 aromatic rings. The van der Waals surface area contributed by atoms with Crippen molar-refractivity contribution in [2.45, 2.75) is 87.7 Å². The van der Waals surface area contributed by atoms with Gasteiger partial charge in [0.1, 0.15) is 12.3 Å². The average molecular weight is 983 g/mol. The van der Waals surface area contributed by atoms with Crippen molar-refractivity contribution in [2.75, 3.05) is 96.0 Å². The van der Waals surface area contributed by atoms with Crippen molar-refractivity contribution in [3.05, 3.63) is 125 Å². The summed E-state index contributed by atoms with van der Waals surface area (Å²) in [5, 5.41) is 6.81. The maximum absolute atomic E-state index is 13.5. The molecule has 70 heavy (non-hydrogen) atoms. The summed E-state index contributed by atoms with van der Waals surface area (Å²) in [6.45, 7) is 15.0. The van der Waals surface area contributed by atoms with Crippen molar-refractivity contribution >= 4 is 80.3 Å². The van der Waals surface area contributed by atoms with E-state index in [1.54, 1.807) is 10.8 Å². The van der Waals surface area contributed by atoms with Gasteiger partial charge in [-0.25, -0.2) is 4.79 Å². The highest BCUT2D eigenvalue weighted by molar-refractivity contribution is 8.76. The number of methoxy groups -OCH3 is 1. The summed E-state index contributed by atoms with van der Waals surface area (Å²) in [5.41, 5.74) is 8.73. The Bertz CT molecular complexity index is 2660. The molecule has 1 amide bonds. The highest BCUT2D eigenvalue weighted by Gasteiger charge is 2.60. The molecule has 0 radical (unpaired) electrons. The molecule has 6 aliphatic rings. The van der Waals surface area contributed by atoms with Gasteiger partial charge in [-0.3, -0.25) is 4.79 Å². The molecule has 4 atom stereocenters. The number of esters is 1. The minimum absolute atomic E-state index is 0.0388. The Morgan fingerprint density at radius 3 is 1.87 bits per heavy atom. The normalized spacial score (nSPS) is 24.9. The largest absolute Gasteiger partial charge is 0.467 e. The fraction of sp³-hybridized carbons (Fsp3) is 0.446. The van der Waals surface area contributed by atoms with Crippen LogP contribution in [0.5, 0.6) is 0 Å². The number of nitrogens with one attached hydrogen (secondary N) is 2. The number of nitrogens with zero attached hydrogens (tertiary/aromatic N) is 4. The smallest absolute Gasteiger partial charge is 0.328 e. The van der Waals surface area contributed by atoms with Gasteiger partial charge in [-0.1, -0.05) is 85.7 Å². The lowest BCUT2D eigenvalue weighted by Gasteiger charge is -2.39. The van der Waals surface area contributed by atoms with Crippen LogP contribution in [0.3, 0.4) is 0 Å². The van der Waals surface area contributed by atoms with E-state index in [1.807, 2.05) is 16.9 Å². The Kier molecular flexibility index (Phi) is 13.5. The van der Waals surface area contributed by atoms with E-state index >= 15 is 0 Å². The maximum atomic E-state index is 13.5. The molecule has 0 aromatic heterocycles. The van der Waals surface area contributed by atoms with Gasteiger partial charge in [0.2, 0.25) is 0 Å². The molecule has 14 heteroatoms. The Labute approximate surface area is 420 Å². The molecule has 368 valence electrons. The lowest BCUT2D eigenvalue weighted by molar-refractivity contribution is -0.141. The first-order chi connectivity index (χ1) is 33.9. The van der Waals surface area contributed by atoms with Gasteiger partial charge in [0.15, 0.2) is 11.4 Å². The zero-order valence-corrected chi connectivity index (χ0v) is 42.7. The number of aldehydes is 1. The minimum Gasteiger partial charge on any atom is -0.467 e. The third-order valence-corrected chi connectivity index (χ3v) is 18.2. The number of amides is 1. The number of hydrogen-bond acceptors (Lipinski definition) is 13. The monoisotopic (exact) mass is 982 g/mol. The lowest BCUT2D eigenvalue weighted by atomic mass is 9.77. The van der Waals surface area contributed by atoms with Crippen LogP contribution in [0, 0.1) is 0 Å². The molecule has 4 unspecified atom stereocenters. The van der Waals surface area contributed by atoms with Crippen molar-refractivity contribution < 1.29 is 28.6 Å². The predicted octanol–water partition coefficient (Wildman–Crippen LogP) is 9.29. The van der Waals surface area contributed by atoms with E-state index in [1.165, 1.54) is 18.4 Å². The number of carbonyl (C=O) groups excluding carboxylic acids is 3. The van der Waals surface area contributed by atoms with Crippen LogP contribution in [-0.2, 0) is 34.6 Å². The number of benzene rings is 4. The van der Waals surface area contributed by atoms with Gasteiger partial charge >= 0.3 is 5.97 Å². The quantitative estimate of drug-likeness (QED) is 0.0454. The Morgan fingerprint density at radius 1 is 0.700 bits per heavy atom. The van der Waals surface area contributed by atoms with E-state index in [9.17, 15) is 14.4 Å². The third kappa shape index (κ3) is 8.45. The van der Waals surface area contributed by atoms with Crippen LogP contribution in [0.1, 0.15) is 86.0 Å². The van der Waals surface area contributed by atoms with E-state index in [2.05, 4.69) is 161 Å². The molecule has 6 aliphatic heterocycles. The first-order valence-electron chi connectivity index (χ1n) is 24.9. The number of anilines is 5. The molecule has 12 nitrogen and oxygen atoms in total. The number of carbonyl (C=O) groups is 3. The summed E-state index contributed by atoms with van der Waals surface area (Å²) in [7, 11) is 5.04. The number of fused-ring (bicyclic) bond motifs is 6. The molecular formula is C56H66N6O6S2. The van der Waals surface area contributed by atoms with Crippen LogP contribution in [-0.4, -0.2) is 113 Å². The Hall–Kier alpha value is -5.41. The molecule has 0 bridgehead atoms. The third-order valence-electron chi connectivity index (χ3n) is 15.8. The maximum Gasteiger partial charge on any atom is 0.328 e. The van der Waals surface area contributed by atoms with Crippen molar-refractivity contribution in [3.63, 3.8) is 0 Å². The summed E-state index contributed by atoms with van der Waals surface area (Å²) < 4.78 is 18.3. The van der Waals surface area contributed by atoms with Crippen LogP contribution in [0.25, 0.3) is 12.2 Å². The molecule has 4 saturated heterocycles. The van der Waals surface area contributed by atoms with E-state index < -0.39 is 16.9 Å². The van der Waals surface area contributed by atoms with Crippen molar-refractivity contribution in [2.24, 2.45) is 0 Å². The highest BCUT2D eigenvalue weighted by Crippen LogP contribution is 2.57. The fourth-order valence-electron chi connectivity index (χ4n) is 11.9. The van der Waals surface area contributed by atoms with Gasteiger partial charge in [0.25, 0.3) is 5.91 Å². The summed E-state index contributed by atoms with van der Waals surface area (Å²) in [4.78, 5) is 46.5. The van der Waals surface area contributed by atoms with E-state index in [0.29, 0.717) is 25.3 Å². The fourth-order valence-corrected chi connectivity index (χ4v) is 13.7. The molecule has 4 aromatic carbocycles. The topological polar surface area (TPSA) is 116 Å². The Morgan fingerprint density at radius 2 is 1.26 bits per heavy atom. The van der Waals surface area contributed by atoms with Gasteiger partial charge < -0.3 is 49.2 Å². The second kappa shape index (κ2) is 19.7. The number of hydrogen-bond donors (Lipinski definition) is 2. The van der Waals surface area contributed by atoms with Crippen LogP contribution in [0.4, 0.5) is 28.4 Å². The zero-order chi connectivity index (χ0) is 48.7. The van der Waals surface area contributed by atoms with Crippen molar-refractivity contribution in [3.8, 4) is 0 Å². The Balaban J connectivity index is 0.689. The second-order valence-electron chi connectivity index (χ2n) is 20.2. The molecular weight excluding hydrogens is 917 g/mol. The van der Waals surface area contributed by atoms with E-state index in [-0.39, 0.29) is 29.4 Å². The lowest BCUT2D eigenvalue weighted by Crippen LogP contribution is -2.51. The molecule has 0 spiro atoms. The van der Waals surface area contributed by atoms with Crippen molar-refractivity contribution in [1.29, 1.82) is 0 Å². The SMILES string of the molecule is COC(=O)C1CCCN1c1ccc(/C=C/C23OCCN2c2ccc(NCCSSCCNC(=O)c4ccc5c(c4)C(C)(C)C4(/C=C/c6ccc(N7CCCC7C=O)cc6)OCCN54)cc2C3(C)C)cc1. The summed E-state index contributed by atoms with van der Waals surface area (Å²) in [6, 6.07) is 29.4. The van der Waals surface area contributed by atoms with Gasteiger partial charge in [-0.15, -0.1) is 0 Å². The summed E-state index contributed by atoms with van der Waals surface area (Å²) in [5.74, 6) is 1.48. The molecule has 10 rings (SSSR count). The second-order valence-corrected chi connectivity index (χ2v) is 22.9. The van der Waals surface area contributed by atoms with Crippen molar-refractivity contribution in [1.82, 2.24) is 5.32 Å². The molecule has 0 aliphatic carbocycles. The van der Waals surface area contributed by atoms with E-state index in [0.717, 1.165) is 116 Å². The number of rotatable bonds is 17. The summed E-state index contributed by atoms with van der Waals surface area (Å²) in [6.07, 6.45) is 13.5. The van der Waals surface area contributed by atoms with Crippen LogP contribution in [0.2, 0.25) is 0 Å². The summed E-state index contributed by atoms with van der Waals surface area (Å²) >= 11 is 0. The predicted molar refractivity (Wildman–Crippen MR) is 287 cm³/mol. The molecule has 2 N–H and O–H groups in total. The van der Waals surface area contributed by atoms with Gasteiger partial charge in [-0.05, 0) is 121 Å². The standard InChI is InChI=1S/C56H66N6O6S2/c1-53(2)46-36-41(14-20-48(46)61-30-32-67-55(53,61)24-22-39-10-16-43(17-11-39)59-28-6-8-45(59)38-63)51(64)58-27-35-70-69-34-26-57-42-15-21-49-47(37-42)54(3,4)56(62(49)31-33-68-56)25-23-40-12-18-44(19-13-40)60-29-7-9-50(60)52(65)66-5/h10-25,36-38,45,50,57H,6-9,26-35H2,1-5H3,(H,58,64)/b24-22+,25-23+. The molecule has 4 fully saturated rings. The van der Waals surface area contributed by atoms with Crippen LogP contribution < -0.4 is 30.2 Å². The average Bonchev–Trinajstić information content (AvgIpc) is 4.25. The minimum atomic E-state index is -0.670. The van der Waals surface area contributed by atoms with Gasteiger partial charge in [0, 0.05) is 95.6 Å². The van der Waals surface area contributed by atoms with Crippen LogP contribution in [0.15, 0.2) is 97.1 Å². The first kappa shape index (κ1) is 48.2. The molecule has 0 saturated carbocycles. The van der Waals surface area contributed by atoms with E-state index in [4.69, 9.17) is 14.2 Å². The molecule has 6 heterocycles. The van der Waals surface area contributed by atoms with Gasteiger partial charge in [-0.2, -0.15) is 0 Å². The van der Waals surface area contributed by atoms with Gasteiger partial charge in [0.05, 0.1) is 26.4 Å². The van der Waals surface area contributed by atoms with Crippen LogP contribution >= 0.6 is 21.6 Å².